The number of fused-ring (bicyclic) bond motifs is 1. The fourth-order valence-electron chi connectivity index (χ4n) is 2.06. The molecule has 0 saturated carbocycles. The second-order valence-corrected chi connectivity index (χ2v) is 4.72. The molecule has 0 aliphatic carbocycles. The number of methoxy groups -OCH3 is 1. The van der Waals surface area contributed by atoms with Crippen LogP contribution in [0.3, 0.4) is 0 Å². The molecule has 0 bridgehead atoms. The van der Waals surface area contributed by atoms with Gasteiger partial charge in [-0.15, -0.1) is 0 Å². The predicted octanol–water partition coefficient (Wildman–Crippen LogP) is 3.32. The number of nitrogen functional groups attached to an aromatic ring is 2. The minimum atomic E-state index is 0.351. The van der Waals surface area contributed by atoms with Gasteiger partial charge in [0.25, 0.3) is 0 Å². The number of ether oxygens (including phenoxy) is 1. The first kappa shape index (κ1) is 12.6. The van der Waals surface area contributed by atoms with Crippen LogP contribution >= 0.6 is 11.6 Å². The number of benzene rings is 2. The Morgan fingerprint density at radius 2 is 1.90 bits per heavy atom. The molecule has 0 fully saturated rings. The van der Waals surface area contributed by atoms with Gasteiger partial charge in [0.2, 0.25) is 5.89 Å². The summed E-state index contributed by atoms with van der Waals surface area (Å²) < 4.78 is 11.0. The van der Waals surface area contributed by atoms with Crippen molar-refractivity contribution in [3.05, 3.63) is 35.4 Å². The molecule has 0 unspecified atom stereocenters. The monoisotopic (exact) mass is 289 g/mol. The average Bonchev–Trinajstić information content (AvgIpc) is 2.83. The van der Waals surface area contributed by atoms with Gasteiger partial charge in [0, 0.05) is 16.8 Å². The lowest BCUT2D eigenvalue weighted by molar-refractivity contribution is 0.417. The van der Waals surface area contributed by atoms with Crippen molar-refractivity contribution in [2.75, 3.05) is 18.6 Å². The second kappa shape index (κ2) is 4.61. The van der Waals surface area contributed by atoms with E-state index < -0.39 is 0 Å². The third-order valence-electron chi connectivity index (χ3n) is 2.99. The zero-order valence-corrected chi connectivity index (χ0v) is 11.4. The van der Waals surface area contributed by atoms with Crippen LogP contribution in [0.25, 0.3) is 22.6 Å². The highest BCUT2D eigenvalue weighted by molar-refractivity contribution is 6.31. The Balaban J connectivity index is 2.27. The number of rotatable bonds is 2. The Hall–Kier alpha value is -2.40. The molecule has 0 saturated heterocycles. The summed E-state index contributed by atoms with van der Waals surface area (Å²) in [5.74, 6) is 0.798. The van der Waals surface area contributed by atoms with E-state index in [9.17, 15) is 0 Å². The summed E-state index contributed by atoms with van der Waals surface area (Å²) in [7, 11) is 1.52. The van der Waals surface area contributed by atoms with Crippen molar-refractivity contribution < 1.29 is 9.15 Å². The molecule has 4 N–H and O–H groups in total. The first-order valence-corrected chi connectivity index (χ1v) is 6.26. The number of hydrogen-bond donors (Lipinski definition) is 2. The largest absolute Gasteiger partial charge is 0.494 e. The van der Waals surface area contributed by atoms with E-state index in [0.717, 1.165) is 0 Å². The third-order valence-corrected chi connectivity index (χ3v) is 3.22. The molecule has 0 atom stereocenters. The topological polar surface area (TPSA) is 87.3 Å². The van der Waals surface area contributed by atoms with Gasteiger partial charge in [0.15, 0.2) is 11.3 Å². The summed E-state index contributed by atoms with van der Waals surface area (Å²) in [6.45, 7) is 0. The van der Waals surface area contributed by atoms with Crippen molar-refractivity contribution in [2.45, 2.75) is 0 Å². The third kappa shape index (κ3) is 1.92. The second-order valence-electron chi connectivity index (χ2n) is 4.28. The lowest BCUT2D eigenvalue weighted by Crippen LogP contribution is -1.99. The Bertz CT molecular complexity index is 798. The minimum Gasteiger partial charge on any atom is -0.494 e. The molecule has 0 aliphatic heterocycles. The van der Waals surface area contributed by atoms with E-state index in [1.54, 1.807) is 30.3 Å². The minimum absolute atomic E-state index is 0.351. The molecule has 0 radical (unpaired) electrons. The van der Waals surface area contributed by atoms with E-state index in [-0.39, 0.29) is 0 Å². The van der Waals surface area contributed by atoms with Gasteiger partial charge in [-0.3, -0.25) is 0 Å². The standard InChI is InChI=1S/C14H12ClN3O2/c1-19-13-9(17)4-3-8(16)12(13)14-18-10-5-2-7(15)6-11(10)20-14/h2-6H,16-17H2,1H3. The van der Waals surface area contributed by atoms with Crippen molar-refractivity contribution in [3.63, 3.8) is 0 Å². The molecule has 1 aromatic heterocycles. The van der Waals surface area contributed by atoms with Gasteiger partial charge < -0.3 is 20.6 Å². The van der Waals surface area contributed by atoms with E-state index in [1.165, 1.54) is 7.11 Å². The summed E-state index contributed by atoms with van der Waals surface area (Å²) in [6, 6.07) is 8.59. The van der Waals surface area contributed by atoms with Crippen LogP contribution in [-0.4, -0.2) is 12.1 Å². The number of aromatic nitrogens is 1. The number of anilines is 2. The average molecular weight is 290 g/mol. The van der Waals surface area contributed by atoms with E-state index >= 15 is 0 Å². The fraction of sp³-hybridized carbons (Fsp3) is 0.0714. The van der Waals surface area contributed by atoms with Crippen molar-refractivity contribution in [1.82, 2.24) is 4.98 Å². The van der Waals surface area contributed by atoms with Crippen molar-refractivity contribution in [1.29, 1.82) is 0 Å². The van der Waals surface area contributed by atoms with Gasteiger partial charge in [-0.05, 0) is 24.3 Å². The lowest BCUT2D eigenvalue weighted by Gasteiger charge is -2.10. The highest BCUT2D eigenvalue weighted by Crippen LogP contribution is 2.40. The molecule has 1 heterocycles. The number of oxazole rings is 1. The van der Waals surface area contributed by atoms with Gasteiger partial charge >= 0.3 is 0 Å². The summed E-state index contributed by atoms with van der Waals surface area (Å²) in [4.78, 5) is 4.39. The van der Waals surface area contributed by atoms with E-state index in [1.807, 2.05) is 0 Å². The van der Waals surface area contributed by atoms with Gasteiger partial charge in [-0.2, -0.15) is 0 Å². The maximum absolute atomic E-state index is 5.99. The maximum atomic E-state index is 5.99. The molecule has 20 heavy (non-hydrogen) atoms. The van der Waals surface area contributed by atoms with Crippen LogP contribution in [0.15, 0.2) is 34.7 Å². The summed E-state index contributed by atoms with van der Waals surface area (Å²) >= 11 is 5.93. The first-order chi connectivity index (χ1) is 9.60. The molecule has 3 aromatic rings. The van der Waals surface area contributed by atoms with E-state index in [4.69, 9.17) is 32.2 Å². The Morgan fingerprint density at radius 3 is 2.65 bits per heavy atom. The van der Waals surface area contributed by atoms with Crippen LogP contribution in [0.5, 0.6) is 5.75 Å². The first-order valence-electron chi connectivity index (χ1n) is 5.88. The molecule has 5 nitrogen and oxygen atoms in total. The maximum Gasteiger partial charge on any atom is 0.233 e. The molecule has 3 rings (SSSR count). The van der Waals surface area contributed by atoms with Crippen LogP contribution < -0.4 is 16.2 Å². The van der Waals surface area contributed by atoms with E-state index in [0.29, 0.717) is 44.7 Å². The van der Waals surface area contributed by atoms with Crippen molar-refractivity contribution in [3.8, 4) is 17.2 Å². The summed E-state index contributed by atoms with van der Waals surface area (Å²) in [6.07, 6.45) is 0. The van der Waals surface area contributed by atoms with Crippen LogP contribution in [0.4, 0.5) is 11.4 Å². The van der Waals surface area contributed by atoms with Crippen LogP contribution in [-0.2, 0) is 0 Å². The predicted molar refractivity (Wildman–Crippen MR) is 79.8 cm³/mol. The lowest BCUT2D eigenvalue weighted by atomic mass is 10.1. The molecule has 6 heteroatoms. The molecule has 0 spiro atoms. The number of halogens is 1. The fourth-order valence-corrected chi connectivity index (χ4v) is 2.22. The molecular weight excluding hydrogens is 278 g/mol. The van der Waals surface area contributed by atoms with Crippen LogP contribution in [0.2, 0.25) is 5.02 Å². The number of nitrogens with zero attached hydrogens (tertiary/aromatic N) is 1. The van der Waals surface area contributed by atoms with Crippen molar-refractivity contribution >= 4 is 34.1 Å². The van der Waals surface area contributed by atoms with Crippen LogP contribution in [0.1, 0.15) is 0 Å². The number of hydrogen-bond acceptors (Lipinski definition) is 5. The molecule has 102 valence electrons. The Labute approximate surface area is 120 Å². The Kier molecular flexibility index (Phi) is 2.91. The molecule has 0 amide bonds. The highest BCUT2D eigenvalue weighted by atomic mass is 35.5. The zero-order chi connectivity index (χ0) is 14.3. The molecule has 0 aliphatic rings. The number of nitrogens with two attached hydrogens (primary N) is 2. The van der Waals surface area contributed by atoms with Gasteiger partial charge in [0.05, 0.1) is 12.8 Å². The van der Waals surface area contributed by atoms with Gasteiger partial charge in [-0.25, -0.2) is 4.98 Å². The van der Waals surface area contributed by atoms with Crippen molar-refractivity contribution in [2.24, 2.45) is 0 Å². The summed E-state index contributed by atoms with van der Waals surface area (Å²) in [5.41, 5.74) is 14.6. The smallest absolute Gasteiger partial charge is 0.233 e. The molecule has 2 aromatic carbocycles. The SMILES string of the molecule is COc1c(N)ccc(N)c1-c1nc2ccc(Cl)cc2o1. The molecular formula is C14H12ClN3O2. The highest BCUT2D eigenvalue weighted by Gasteiger charge is 2.18. The van der Waals surface area contributed by atoms with Crippen LogP contribution in [0, 0.1) is 0 Å². The summed E-state index contributed by atoms with van der Waals surface area (Å²) in [5, 5.41) is 0.577. The van der Waals surface area contributed by atoms with E-state index in [2.05, 4.69) is 4.98 Å². The Morgan fingerprint density at radius 1 is 1.15 bits per heavy atom. The normalized spacial score (nSPS) is 10.9. The zero-order valence-electron chi connectivity index (χ0n) is 10.7. The van der Waals surface area contributed by atoms with Gasteiger partial charge in [0.1, 0.15) is 11.1 Å². The quantitative estimate of drug-likeness (QED) is 0.707. The van der Waals surface area contributed by atoms with Gasteiger partial charge in [-0.1, -0.05) is 11.6 Å².